The number of halogens is 1. The van der Waals surface area contributed by atoms with Crippen LogP contribution in [0.25, 0.3) is 0 Å². The van der Waals surface area contributed by atoms with Gasteiger partial charge < -0.3 is 15.6 Å². The van der Waals surface area contributed by atoms with Gasteiger partial charge in [0.2, 0.25) is 0 Å². The van der Waals surface area contributed by atoms with E-state index in [1.807, 2.05) is 0 Å². The van der Waals surface area contributed by atoms with Gasteiger partial charge in [-0.25, -0.2) is 4.39 Å². The van der Waals surface area contributed by atoms with Gasteiger partial charge in [0, 0.05) is 5.56 Å². The summed E-state index contributed by atoms with van der Waals surface area (Å²) in [7, 11) is 0. The molecule has 1 aliphatic heterocycles. The molecule has 0 fully saturated rings. The van der Waals surface area contributed by atoms with Gasteiger partial charge in [0.25, 0.3) is 0 Å². The summed E-state index contributed by atoms with van der Waals surface area (Å²) in [5, 5.41) is 9.18. The average Bonchev–Trinajstić information content (AvgIpc) is 2.41. The second-order valence-corrected chi connectivity index (χ2v) is 2.73. The highest BCUT2D eigenvalue weighted by Crippen LogP contribution is 2.39. The standard InChI is InChI=1S/C8H8FNO2/c9-5-2-1-4-6(10)3-12-8(4)7(5)11/h1-2,6,11H,3,10H2. The smallest absolute Gasteiger partial charge is 0.194 e. The fourth-order valence-corrected chi connectivity index (χ4v) is 1.27. The van der Waals surface area contributed by atoms with E-state index >= 15 is 0 Å². The molecule has 64 valence electrons. The second-order valence-electron chi connectivity index (χ2n) is 2.73. The first-order chi connectivity index (χ1) is 5.70. The highest BCUT2D eigenvalue weighted by atomic mass is 19.1. The van der Waals surface area contributed by atoms with E-state index in [0.717, 1.165) is 0 Å². The Morgan fingerprint density at radius 1 is 1.58 bits per heavy atom. The van der Waals surface area contributed by atoms with Crippen molar-refractivity contribution in [2.45, 2.75) is 6.04 Å². The topological polar surface area (TPSA) is 55.5 Å². The maximum atomic E-state index is 12.7. The monoisotopic (exact) mass is 169 g/mol. The summed E-state index contributed by atoms with van der Waals surface area (Å²) < 4.78 is 17.7. The van der Waals surface area contributed by atoms with Crippen molar-refractivity contribution >= 4 is 0 Å². The number of benzene rings is 1. The van der Waals surface area contributed by atoms with Crippen molar-refractivity contribution in [3.05, 3.63) is 23.5 Å². The first kappa shape index (κ1) is 7.36. The van der Waals surface area contributed by atoms with E-state index in [9.17, 15) is 9.50 Å². The number of nitrogens with two attached hydrogens (primary N) is 1. The maximum absolute atomic E-state index is 12.7. The van der Waals surface area contributed by atoms with Gasteiger partial charge in [-0.1, -0.05) is 6.07 Å². The van der Waals surface area contributed by atoms with Gasteiger partial charge in [-0.2, -0.15) is 0 Å². The van der Waals surface area contributed by atoms with E-state index in [0.29, 0.717) is 12.2 Å². The van der Waals surface area contributed by atoms with Crippen LogP contribution in [0.15, 0.2) is 12.1 Å². The van der Waals surface area contributed by atoms with E-state index in [1.165, 1.54) is 12.1 Å². The van der Waals surface area contributed by atoms with Gasteiger partial charge >= 0.3 is 0 Å². The zero-order valence-corrected chi connectivity index (χ0v) is 6.25. The highest BCUT2D eigenvalue weighted by Gasteiger charge is 2.25. The Morgan fingerprint density at radius 2 is 2.33 bits per heavy atom. The molecule has 3 N–H and O–H groups in total. The summed E-state index contributed by atoms with van der Waals surface area (Å²) in [6.45, 7) is 0.298. The van der Waals surface area contributed by atoms with Crippen LogP contribution in [-0.4, -0.2) is 11.7 Å². The Balaban J connectivity index is 2.60. The third-order valence-corrected chi connectivity index (χ3v) is 1.92. The van der Waals surface area contributed by atoms with E-state index in [-0.39, 0.29) is 11.8 Å². The largest absolute Gasteiger partial charge is 0.502 e. The Labute approximate surface area is 68.6 Å². The van der Waals surface area contributed by atoms with Crippen molar-refractivity contribution in [1.82, 2.24) is 0 Å². The normalized spacial score (nSPS) is 20.3. The lowest BCUT2D eigenvalue weighted by atomic mass is 10.1. The minimum atomic E-state index is -0.678. The Hall–Kier alpha value is -1.29. The molecule has 1 heterocycles. The fourth-order valence-electron chi connectivity index (χ4n) is 1.27. The van der Waals surface area contributed by atoms with Crippen LogP contribution in [-0.2, 0) is 0 Å². The van der Waals surface area contributed by atoms with E-state index in [4.69, 9.17) is 10.5 Å². The van der Waals surface area contributed by atoms with Gasteiger partial charge in [-0.05, 0) is 6.07 Å². The number of fused-ring (bicyclic) bond motifs is 1. The number of phenolic OH excluding ortho intramolecular Hbond substituents is 1. The number of rotatable bonds is 0. The zero-order valence-electron chi connectivity index (χ0n) is 6.25. The third-order valence-electron chi connectivity index (χ3n) is 1.92. The lowest BCUT2D eigenvalue weighted by molar-refractivity contribution is 0.311. The molecular formula is C8H8FNO2. The predicted molar refractivity (Wildman–Crippen MR) is 40.5 cm³/mol. The summed E-state index contributed by atoms with van der Waals surface area (Å²) in [6, 6.07) is 2.46. The maximum Gasteiger partial charge on any atom is 0.194 e. The fraction of sp³-hybridized carbons (Fsp3) is 0.250. The van der Waals surface area contributed by atoms with Gasteiger partial charge in [-0.3, -0.25) is 0 Å². The van der Waals surface area contributed by atoms with Gasteiger partial charge in [0.15, 0.2) is 17.3 Å². The van der Waals surface area contributed by atoms with Crippen molar-refractivity contribution in [3.63, 3.8) is 0 Å². The van der Waals surface area contributed by atoms with E-state index in [2.05, 4.69) is 0 Å². The Kier molecular flexibility index (Phi) is 1.44. The number of hydrogen-bond donors (Lipinski definition) is 2. The minimum absolute atomic E-state index is 0.183. The van der Waals surface area contributed by atoms with Crippen LogP contribution in [0.1, 0.15) is 11.6 Å². The minimum Gasteiger partial charge on any atom is -0.502 e. The summed E-state index contributed by atoms with van der Waals surface area (Å²) >= 11 is 0. The lowest BCUT2D eigenvalue weighted by Gasteiger charge is -2.02. The van der Waals surface area contributed by atoms with Crippen LogP contribution < -0.4 is 10.5 Å². The van der Waals surface area contributed by atoms with Crippen LogP contribution in [0.2, 0.25) is 0 Å². The predicted octanol–water partition coefficient (Wildman–Crippen LogP) is 0.923. The SMILES string of the molecule is NC1COc2c1ccc(F)c2O. The molecule has 2 rings (SSSR count). The molecule has 0 aliphatic carbocycles. The highest BCUT2D eigenvalue weighted by molar-refractivity contribution is 5.50. The Morgan fingerprint density at radius 3 is 3.08 bits per heavy atom. The molecule has 1 atom stereocenters. The first-order valence-corrected chi connectivity index (χ1v) is 3.60. The number of ether oxygens (including phenoxy) is 1. The summed E-state index contributed by atoms with van der Waals surface area (Å²) in [5.74, 6) is -0.939. The molecule has 12 heavy (non-hydrogen) atoms. The second kappa shape index (κ2) is 2.35. The van der Waals surface area contributed by atoms with Gasteiger partial charge in [0.05, 0.1) is 6.04 Å². The van der Waals surface area contributed by atoms with Crippen molar-refractivity contribution < 1.29 is 14.2 Å². The summed E-state index contributed by atoms with van der Waals surface area (Å²) in [4.78, 5) is 0. The molecule has 0 spiro atoms. The van der Waals surface area contributed by atoms with Crippen LogP contribution in [0.3, 0.4) is 0 Å². The van der Waals surface area contributed by atoms with Crippen LogP contribution in [0.5, 0.6) is 11.5 Å². The quantitative estimate of drug-likeness (QED) is 0.607. The molecule has 0 bridgehead atoms. The lowest BCUT2D eigenvalue weighted by Crippen LogP contribution is -2.10. The van der Waals surface area contributed by atoms with Crippen molar-refractivity contribution in [1.29, 1.82) is 0 Å². The molecular weight excluding hydrogens is 161 g/mol. The van der Waals surface area contributed by atoms with Crippen molar-refractivity contribution in [3.8, 4) is 11.5 Å². The summed E-state index contributed by atoms with van der Waals surface area (Å²) in [5.41, 5.74) is 6.27. The Bertz CT molecular complexity index is 327. The summed E-state index contributed by atoms with van der Waals surface area (Å²) in [6.07, 6.45) is 0. The molecule has 4 heteroatoms. The van der Waals surface area contributed by atoms with Crippen LogP contribution >= 0.6 is 0 Å². The molecule has 1 aromatic rings. The molecule has 1 unspecified atom stereocenters. The molecule has 0 saturated carbocycles. The molecule has 0 radical (unpaired) electrons. The van der Waals surface area contributed by atoms with Gasteiger partial charge in [0.1, 0.15) is 6.61 Å². The molecule has 0 aromatic heterocycles. The van der Waals surface area contributed by atoms with Crippen molar-refractivity contribution in [2.75, 3.05) is 6.61 Å². The van der Waals surface area contributed by atoms with E-state index in [1.54, 1.807) is 0 Å². The molecule has 0 saturated heterocycles. The first-order valence-electron chi connectivity index (χ1n) is 3.60. The van der Waals surface area contributed by atoms with Crippen LogP contribution in [0, 0.1) is 5.82 Å². The van der Waals surface area contributed by atoms with E-state index < -0.39 is 11.6 Å². The average molecular weight is 169 g/mol. The molecule has 0 amide bonds. The van der Waals surface area contributed by atoms with Gasteiger partial charge in [-0.15, -0.1) is 0 Å². The number of aromatic hydroxyl groups is 1. The van der Waals surface area contributed by atoms with Crippen molar-refractivity contribution in [2.24, 2.45) is 5.73 Å². The number of hydrogen-bond acceptors (Lipinski definition) is 3. The number of phenols is 1. The molecule has 1 aromatic carbocycles. The molecule has 3 nitrogen and oxygen atoms in total. The van der Waals surface area contributed by atoms with Crippen LogP contribution in [0.4, 0.5) is 4.39 Å². The molecule has 1 aliphatic rings. The zero-order chi connectivity index (χ0) is 8.72. The third kappa shape index (κ3) is 0.848.